The molecule has 1 atom stereocenters. The summed E-state index contributed by atoms with van der Waals surface area (Å²) in [5.41, 5.74) is 0. The van der Waals surface area contributed by atoms with Crippen LogP contribution in [-0.2, 0) is 0 Å². The minimum atomic E-state index is 0.924. The fraction of sp³-hybridized carbons (Fsp3) is 0.833. The monoisotopic (exact) mass is 168 g/mol. The van der Waals surface area contributed by atoms with Crippen molar-refractivity contribution in [1.29, 1.82) is 0 Å². The van der Waals surface area contributed by atoms with Gasteiger partial charge in [-0.2, -0.15) is 0 Å². The van der Waals surface area contributed by atoms with Crippen molar-refractivity contribution >= 4 is 0 Å². The maximum Gasteiger partial charge on any atom is -0.0348 e. The van der Waals surface area contributed by atoms with Gasteiger partial charge in [-0.3, -0.25) is 0 Å². The number of rotatable bonds is 7. The minimum Gasteiger partial charge on any atom is -0.0917 e. The van der Waals surface area contributed by atoms with Crippen molar-refractivity contribution in [2.45, 2.75) is 59.3 Å². The molecule has 0 heterocycles. The van der Waals surface area contributed by atoms with Crippen molar-refractivity contribution < 1.29 is 0 Å². The SMILES string of the molecule is CC=CCCC(C)CCCCC. The van der Waals surface area contributed by atoms with Gasteiger partial charge in [0, 0.05) is 0 Å². The van der Waals surface area contributed by atoms with Crippen LogP contribution in [0.4, 0.5) is 0 Å². The van der Waals surface area contributed by atoms with E-state index in [0.717, 1.165) is 5.92 Å². The second kappa shape index (κ2) is 8.83. The number of unbranched alkanes of at least 4 members (excludes halogenated alkanes) is 2. The molecule has 0 radical (unpaired) electrons. The fourth-order valence-corrected chi connectivity index (χ4v) is 1.43. The summed E-state index contributed by atoms with van der Waals surface area (Å²) < 4.78 is 0. The maximum absolute atomic E-state index is 2.37. The van der Waals surface area contributed by atoms with E-state index >= 15 is 0 Å². The molecule has 0 nitrogen and oxygen atoms in total. The molecule has 0 rings (SSSR count). The third-order valence-electron chi connectivity index (χ3n) is 2.36. The summed E-state index contributed by atoms with van der Waals surface area (Å²) in [4.78, 5) is 0. The highest BCUT2D eigenvalue weighted by molar-refractivity contribution is 4.77. The maximum atomic E-state index is 2.37. The molecule has 0 aliphatic carbocycles. The summed E-state index contributed by atoms with van der Waals surface area (Å²) >= 11 is 0. The summed E-state index contributed by atoms with van der Waals surface area (Å²) in [6, 6.07) is 0. The van der Waals surface area contributed by atoms with E-state index < -0.39 is 0 Å². The molecule has 1 unspecified atom stereocenters. The van der Waals surface area contributed by atoms with E-state index in [1.54, 1.807) is 0 Å². The summed E-state index contributed by atoms with van der Waals surface area (Å²) in [5.74, 6) is 0.924. The van der Waals surface area contributed by atoms with Gasteiger partial charge in [-0.1, -0.05) is 51.7 Å². The smallest absolute Gasteiger partial charge is 0.0348 e. The Balaban J connectivity index is 3.15. The molecule has 0 aromatic rings. The van der Waals surface area contributed by atoms with Crippen LogP contribution in [0.3, 0.4) is 0 Å². The molecule has 12 heavy (non-hydrogen) atoms. The van der Waals surface area contributed by atoms with Crippen LogP contribution in [0.15, 0.2) is 12.2 Å². The lowest BCUT2D eigenvalue weighted by molar-refractivity contribution is 0.467. The zero-order valence-corrected chi connectivity index (χ0v) is 8.97. The molecule has 0 aliphatic rings. The Hall–Kier alpha value is -0.260. The lowest BCUT2D eigenvalue weighted by Gasteiger charge is -2.08. The highest BCUT2D eigenvalue weighted by atomic mass is 14.0. The van der Waals surface area contributed by atoms with Gasteiger partial charge >= 0.3 is 0 Å². The zero-order chi connectivity index (χ0) is 9.23. The summed E-state index contributed by atoms with van der Waals surface area (Å²) in [6.07, 6.45) is 12.7. The van der Waals surface area contributed by atoms with Gasteiger partial charge in [0.05, 0.1) is 0 Å². The van der Waals surface area contributed by atoms with E-state index in [1.807, 2.05) is 0 Å². The second-order valence-electron chi connectivity index (χ2n) is 3.75. The standard InChI is InChI=1S/C12H24/c1-4-6-8-10-12(3)11-9-7-5-2/h4,6,12H,5,7-11H2,1-3H3. The van der Waals surface area contributed by atoms with Gasteiger partial charge in [0.2, 0.25) is 0 Å². The van der Waals surface area contributed by atoms with E-state index in [0.29, 0.717) is 0 Å². The van der Waals surface area contributed by atoms with Crippen LogP contribution in [0.2, 0.25) is 0 Å². The van der Waals surface area contributed by atoms with Crippen molar-refractivity contribution in [3.05, 3.63) is 12.2 Å². The molecule has 0 N–H and O–H groups in total. The van der Waals surface area contributed by atoms with Crippen LogP contribution in [0.25, 0.3) is 0 Å². The van der Waals surface area contributed by atoms with Crippen LogP contribution in [-0.4, -0.2) is 0 Å². The number of allylic oxidation sites excluding steroid dienone is 2. The van der Waals surface area contributed by atoms with Crippen molar-refractivity contribution in [2.24, 2.45) is 5.92 Å². The van der Waals surface area contributed by atoms with Crippen LogP contribution in [0.1, 0.15) is 59.3 Å². The van der Waals surface area contributed by atoms with Crippen molar-refractivity contribution in [2.75, 3.05) is 0 Å². The van der Waals surface area contributed by atoms with Gasteiger partial charge in [-0.05, 0) is 25.7 Å². The molecule has 0 spiro atoms. The lowest BCUT2D eigenvalue weighted by Crippen LogP contribution is -1.93. The Labute approximate surface area is 78.1 Å². The predicted molar refractivity (Wildman–Crippen MR) is 57.4 cm³/mol. The molecule has 0 saturated heterocycles. The van der Waals surface area contributed by atoms with Crippen molar-refractivity contribution in [1.82, 2.24) is 0 Å². The third-order valence-corrected chi connectivity index (χ3v) is 2.36. The number of hydrogen-bond acceptors (Lipinski definition) is 0. The Kier molecular flexibility index (Phi) is 8.64. The van der Waals surface area contributed by atoms with Gasteiger partial charge in [-0.25, -0.2) is 0 Å². The number of hydrogen-bond donors (Lipinski definition) is 0. The molecule has 72 valence electrons. The highest BCUT2D eigenvalue weighted by Gasteiger charge is 1.99. The quantitative estimate of drug-likeness (QED) is 0.386. The molecule has 0 amide bonds. The molecule has 0 aromatic carbocycles. The Bertz CT molecular complexity index is 103. The molecular weight excluding hydrogens is 144 g/mol. The first-order valence-corrected chi connectivity index (χ1v) is 5.42. The summed E-state index contributed by atoms with van der Waals surface area (Å²) in [5, 5.41) is 0. The van der Waals surface area contributed by atoms with Crippen LogP contribution in [0.5, 0.6) is 0 Å². The predicted octanol–water partition coefficient (Wildman–Crippen LogP) is 4.56. The van der Waals surface area contributed by atoms with Crippen molar-refractivity contribution in [3.63, 3.8) is 0 Å². The average Bonchev–Trinajstić information content (AvgIpc) is 2.06. The van der Waals surface area contributed by atoms with E-state index in [2.05, 4.69) is 32.9 Å². The highest BCUT2D eigenvalue weighted by Crippen LogP contribution is 2.14. The topological polar surface area (TPSA) is 0 Å². The van der Waals surface area contributed by atoms with Gasteiger partial charge in [-0.15, -0.1) is 0 Å². The first-order chi connectivity index (χ1) is 5.81. The second-order valence-corrected chi connectivity index (χ2v) is 3.75. The molecule has 0 aromatic heterocycles. The van der Waals surface area contributed by atoms with E-state index in [1.165, 1.54) is 38.5 Å². The lowest BCUT2D eigenvalue weighted by atomic mass is 9.98. The molecule has 0 heteroatoms. The average molecular weight is 168 g/mol. The fourth-order valence-electron chi connectivity index (χ4n) is 1.43. The van der Waals surface area contributed by atoms with Crippen molar-refractivity contribution in [3.8, 4) is 0 Å². The van der Waals surface area contributed by atoms with E-state index in [-0.39, 0.29) is 0 Å². The van der Waals surface area contributed by atoms with Gasteiger partial charge in [0.25, 0.3) is 0 Å². The molecule has 0 bridgehead atoms. The molecule has 0 aliphatic heterocycles. The van der Waals surface area contributed by atoms with Gasteiger partial charge in [0.1, 0.15) is 0 Å². The normalized spacial score (nSPS) is 13.9. The summed E-state index contributed by atoms with van der Waals surface area (Å²) in [7, 11) is 0. The molecular formula is C12H24. The first-order valence-electron chi connectivity index (χ1n) is 5.42. The Morgan fingerprint density at radius 1 is 1.17 bits per heavy atom. The zero-order valence-electron chi connectivity index (χ0n) is 8.97. The van der Waals surface area contributed by atoms with Crippen LogP contribution >= 0.6 is 0 Å². The van der Waals surface area contributed by atoms with E-state index in [9.17, 15) is 0 Å². The first kappa shape index (κ1) is 11.7. The van der Waals surface area contributed by atoms with Crippen LogP contribution in [0, 0.1) is 5.92 Å². The van der Waals surface area contributed by atoms with E-state index in [4.69, 9.17) is 0 Å². The molecule has 0 fully saturated rings. The Morgan fingerprint density at radius 2 is 1.92 bits per heavy atom. The largest absolute Gasteiger partial charge is 0.0917 e. The Morgan fingerprint density at radius 3 is 2.50 bits per heavy atom. The third kappa shape index (κ3) is 7.84. The minimum absolute atomic E-state index is 0.924. The van der Waals surface area contributed by atoms with Crippen LogP contribution < -0.4 is 0 Å². The molecule has 0 saturated carbocycles. The van der Waals surface area contributed by atoms with Gasteiger partial charge in [0.15, 0.2) is 0 Å². The van der Waals surface area contributed by atoms with Gasteiger partial charge < -0.3 is 0 Å². The summed E-state index contributed by atoms with van der Waals surface area (Å²) in [6.45, 7) is 6.74.